The second-order valence-electron chi connectivity index (χ2n) is 12.2. The van der Waals surface area contributed by atoms with Gasteiger partial charge in [0.05, 0.1) is 5.69 Å². The first-order valence-corrected chi connectivity index (χ1v) is 15.2. The largest absolute Gasteiger partial charge is 0.296 e. The maximum absolute atomic E-state index is 5.06. The number of aliphatic imine (C=N–C) groups is 1. The van der Waals surface area contributed by atoms with Gasteiger partial charge in [-0.1, -0.05) is 123 Å². The third kappa shape index (κ3) is 4.02. The van der Waals surface area contributed by atoms with Crippen molar-refractivity contribution in [2.24, 2.45) is 4.99 Å². The molecule has 1 aromatic heterocycles. The standard InChI is InChI=1S/C42H32N2/c1-42(2)37-23-27(25-43-3)17-20-31(37)32-21-18-29(24-38(32)42)39-22-19-30(26-44-39)41-35-15-9-7-13-33(35)40(28-11-5-4-6-12-28)34-14-8-10-16-36(34)41/h4-26H,1-3H3. The fourth-order valence-corrected chi connectivity index (χ4v) is 7.21. The van der Waals surface area contributed by atoms with Crippen LogP contribution in [0.25, 0.3) is 66.2 Å². The monoisotopic (exact) mass is 564 g/mol. The van der Waals surface area contributed by atoms with Gasteiger partial charge < -0.3 is 0 Å². The van der Waals surface area contributed by atoms with E-state index in [4.69, 9.17) is 4.98 Å². The highest BCUT2D eigenvalue weighted by Gasteiger charge is 2.35. The van der Waals surface area contributed by atoms with Crippen LogP contribution in [0.2, 0.25) is 0 Å². The van der Waals surface area contributed by atoms with Gasteiger partial charge in [-0.3, -0.25) is 9.98 Å². The molecule has 7 aromatic rings. The smallest absolute Gasteiger partial charge is 0.0702 e. The molecule has 0 radical (unpaired) electrons. The Hall–Kier alpha value is -5.34. The minimum Gasteiger partial charge on any atom is -0.296 e. The summed E-state index contributed by atoms with van der Waals surface area (Å²) >= 11 is 0. The summed E-state index contributed by atoms with van der Waals surface area (Å²) in [6.07, 6.45) is 3.98. The number of fused-ring (bicyclic) bond motifs is 5. The SMILES string of the molecule is CN=Cc1ccc2c(c1)C(C)(C)c1cc(-c3ccc(-c4c5ccccc5c(-c5ccccc5)c5ccccc45)cn3)ccc1-2. The van der Waals surface area contributed by atoms with Crippen LogP contribution in [-0.4, -0.2) is 18.2 Å². The van der Waals surface area contributed by atoms with Gasteiger partial charge in [-0.25, -0.2) is 0 Å². The van der Waals surface area contributed by atoms with Gasteiger partial charge in [-0.2, -0.15) is 0 Å². The number of pyridine rings is 1. The van der Waals surface area contributed by atoms with Crippen molar-refractivity contribution in [2.45, 2.75) is 19.3 Å². The molecule has 210 valence electrons. The van der Waals surface area contributed by atoms with E-state index in [2.05, 4.69) is 152 Å². The lowest BCUT2D eigenvalue weighted by atomic mass is 9.81. The molecule has 0 spiro atoms. The van der Waals surface area contributed by atoms with Crippen molar-refractivity contribution >= 4 is 27.8 Å². The maximum Gasteiger partial charge on any atom is 0.0702 e. The van der Waals surface area contributed by atoms with Crippen molar-refractivity contribution in [3.8, 4) is 44.6 Å². The van der Waals surface area contributed by atoms with E-state index in [1.54, 1.807) is 0 Å². The van der Waals surface area contributed by atoms with Crippen molar-refractivity contribution in [1.29, 1.82) is 0 Å². The fourth-order valence-electron chi connectivity index (χ4n) is 7.21. The molecule has 0 aliphatic heterocycles. The summed E-state index contributed by atoms with van der Waals surface area (Å²) in [5.41, 5.74) is 13.3. The molecule has 44 heavy (non-hydrogen) atoms. The highest BCUT2D eigenvalue weighted by Crippen LogP contribution is 2.50. The average Bonchev–Trinajstić information content (AvgIpc) is 3.29. The summed E-state index contributed by atoms with van der Waals surface area (Å²) < 4.78 is 0. The van der Waals surface area contributed by atoms with Gasteiger partial charge in [0.15, 0.2) is 0 Å². The second kappa shape index (κ2) is 10.1. The molecule has 0 bridgehead atoms. The van der Waals surface area contributed by atoms with Crippen molar-refractivity contribution in [3.05, 3.63) is 150 Å². The van der Waals surface area contributed by atoms with Crippen LogP contribution in [0.3, 0.4) is 0 Å². The molecule has 0 atom stereocenters. The minimum atomic E-state index is -0.101. The Labute approximate surface area is 258 Å². The Morgan fingerprint density at radius 2 is 1.09 bits per heavy atom. The molecule has 2 nitrogen and oxygen atoms in total. The van der Waals surface area contributed by atoms with Gasteiger partial charge in [0, 0.05) is 36.0 Å². The van der Waals surface area contributed by atoms with Gasteiger partial charge in [-0.15, -0.1) is 0 Å². The first-order chi connectivity index (χ1) is 21.5. The van der Waals surface area contributed by atoms with E-state index in [-0.39, 0.29) is 5.41 Å². The molecule has 0 saturated heterocycles. The van der Waals surface area contributed by atoms with Crippen LogP contribution >= 0.6 is 0 Å². The Balaban J connectivity index is 1.24. The van der Waals surface area contributed by atoms with Gasteiger partial charge in [0.25, 0.3) is 0 Å². The zero-order valence-electron chi connectivity index (χ0n) is 25.2. The van der Waals surface area contributed by atoms with Crippen LogP contribution in [0.1, 0.15) is 30.5 Å². The van der Waals surface area contributed by atoms with E-state index in [1.165, 1.54) is 60.5 Å². The molecule has 1 heterocycles. The summed E-state index contributed by atoms with van der Waals surface area (Å²) in [5, 5.41) is 4.99. The van der Waals surface area contributed by atoms with E-state index < -0.39 is 0 Å². The van der Waals surface area contributed by atoms with Crippen LogP contribution in [0, 0.1) is 0 Å². The number of hydrogen-bond acceptors (Lipinski definition) is 2. The summed E-state index contributed by atoms with van der Waals surface area (Å²) in [6.45, 7) is 4.64. The van der Waals surface area contributed by atoms with E-state index in [0.29, 0.717) is 0 Å². The fraction of sp³-hybridized carbons (Fsp3) is 0.0952. The van der Waals surface area contributed by atoms with E-state index >= 15 is 0 Å². The summed E-state index contributed by atoms with van der Waals surface area (Å²) in [7, 11) is 1.82. The first-order valence-electron chi connectivity index (χ1n) is 15.2. The van der Waals surface area contributed by atoms with Crippen molar-refractivity contribution in [3.63, 3.8) is 0 Å². The Morgan fingerprint density at radius 1 is 0.545 bits per heavy atom. The minimum absolute atomic E-state index is 0.101. The van der Waals surface area contributed by atoms with Gasteiger partial charge in [0.1, 0.15) is 0 Å². The van der Waals surface area contributed by atoms with Gasteiger partial charge >= 0.3 is 0 Å². The van der Waals surface area contributed by atoms with Crippen LogP contribution < -0.4 is 0 Å². The zero-order valence-corrected chi connectivity index (χ0v) is 25.2. The number of benzene rings is 6. The van der Waals surface area contributed by atoms with Crippen LogP contribution in [-0.2, 0) is 5.41 Å². The van der Waals surface area contributed by atoms with E-state index in [0.717, 1.165) is 22.4 Å². The molecule has 8 rings (SSSR count). The number of rotatable bonds is 4. The molecule has 1 aliphatic rings. The highest BCUT2D eigenvalue weighted by atomic mass is 14.7. The van der Waals surface area contributed by atoms with Crippen LogP contribution in [0.5, 0.6) is 0 Å². The predicted octanol–water partition coefficient (Wildman–Crippen LogP) is 10.7. The molecule has 2 heteroatoms. The topological polar surface area (TPSA) is 25.2 Å². The Bertz CT molecular complexity index is 2180. The van der Waals surface area contributed by atoms with Crippen molar-refractivity contribution in [2.75, 3.05) is 7.05 Å². The zero-order chi connectivity index (χ0) is 29.8. The predicted molar refractivity (Wildman–Crippen MR) is 187 cm³/mol. The molecular formula is C42H32N2. The summed E-state index contributed by atoms with van der Waals surface area (Å²) in [6, 6.07) is 46.2. The van der Waals surface area contributed by atoms with Gasteiger partial charge in [0.2, 0.25) is 0 Å². The third-order valence-corrected chi connectivity index (χ3v) is 9.32. The molecule has 1 aliphatic carbocycles. The maximum atomic E-state index is 5.06. The quantitative estimate of drug-likeness (QED) is 0.154. The van der Waals surface area contributed by atoms with Crippen molar-refractivity contribution < 1.29 is 0 Å². The van der Waals surface area contributed by atoms with Crippen LogP contribution in [0.15, 0.2) is 139 Å². The Morgan fingerprint density at radius 3 is 1.68 bits per heavy atom. The molecule has 0 N–H and O–H groups in total. The Kier molecular flexibility index (Phi) is 6.06. The summed E-state index contributed by atoms with van der Waals surface area (Å²) in [4.78, 5) is 9.29. The number of aromatic nitrogens is 1. The van der Waals surface area contributed by atoms with Gasteiger partial charge in [-0.05, 0) is 84.3 Å². The lowest BCUT2D eigenvalue weighted by Gasteiger charge is -2.22. The third-order valence-electron chi connectivity index (χ3n) is 9.32. The normalized spacial score (nSPS) is 13.4. The van der Waals surface area contributed by atoms with E-state index in [1.807, 2.05) is 13.3 Å². The molecule has 0 fully saturated rings. The molecule has 0 amide bonds. The molecule has 6 aromatic carbocycles. The first kappa shape index (κ1) is 26.3. The molecular weight excluding hydrogens is 532 g/mol. The lowest BCUT2D eigenvalue weighted by molar-refractivity contribution is 0.660. The highest BCUT2D eigenvalue weighted by molar-refractivity contribution is 6.21. The number of nitrogens with zero attached hydrogens (tertiary/aromatic N) is 2. The molecule has 0 unspecified atom stereocenters. The lowest BCUT2D eigenvalue weighted by Crippen LogP contribution is -2.15. The van der Waals surface area contributed by atoms with Crippen molar-refractivity contribution in [1.82, 2.24) is 4.98 Å². The number of hydrogen-bond donors (Lipinski definition) is 0. The average molecular weight is 565 g/mol. The molecule has 0 saturated carbocycles. The summed E-state index contributed by atoms with van der Waals surface area (Å²) in [5.74, 6) is 0. The van der Waals surface area contributed by atoms with Crippen LogP contribution in [0.4, 0.5) is 0 Å². The van der Waals surface area contributed by atoms with E-state index in [9.17, 15) is 0 Å². The second-order valence-corrected chi connectivity index (χ2v) is 12.2.